The first kappa shape index (κ1) is 14.9. The number of sulfonamides is 1. The number of nitrogens with two attached hydrogens (primary N) is 2. The summed E-state index contributed by atoms with van der Waals surface area (Å²) in [5.74, 6) is -0.454. The van der Waals surface area contributed by atoms with Crippen molar-refractivity contribution in [2.75, 3.05) is 12.3 Å². The summed E-state index contributed by atoms with van der Waals surface area (Å²) in [6.45, 7) is 0.160. The predicted octanol–water partition coefficient (Wildman–Crippen LogP) is 0.575. The zero-order valence-corrected chi connectivity index (χ0v) is 11.9. The lowest BCUT2D eigenvalue weighted by Gasteiger charge is -2.07. The number of hydrogen-bond acceptors (Lipinski definition) is 4. The smallest absolute Gasteiger partial charge is 0.240 e. The molecule has 0 bridgehead atoms. The maximum atomic E-state index is 11.9. The minimum atomic E-state index is -3.59. The van der Waals surface area contributed by atoms with Crippen molar-refractivity contribution < 1.29 is 13.2 Å². The number of hydrogen-bond donors (Lipinski definition) is 3. The third-order valence-corrected chi connectivity index (χ3v) is 4.32. The van der Waals surface area contributed by atoms with Crippen molar-refractivity contribution in [1.29, 1.82) is 0 Å². The molecule has 0 fully saturated rings. The zero-order chi connectivity index (χ0) is 13.8. The van der Waals surface area contributed by atoms with Gasteiger partial charge in [0.2, 0.25) is 15.9 Å². The summed E-state index contributed by atoms with van der Waals surface area (Å²) in [4.78, 5) is 10.6. The summed E-state index contributed by atoms with van der Waals surface area (Å²) in [7, 11) is -3.59. The summed E-state index contributed by atoms with van der Waals surface area (Å²) in [5.41, 5.74) is 11.0. The van der Waals surface area contributed by atoms with Gasteiger partial charge >= 0.3 is 0 Å². The van der Waals surface area contributed by atoms with Crippen LogP contribution in [-0.4, -0.2) is 20.9 Å². The molecule has 6 nitrogen and oxygen atoms in total. The molecule has 5 N–H and O–H groups in total. The van der Waals surface area contributed by atoms with Crippen LogP contribution in [0.4, 0.5) is 5.69 Å². The lowest BCUT2D eigenvalue weighted by atomic mass is 10.3. The summed E-state index contributed by atoms with van der Waals surface area (Å²) in [6.07, 6.45) is 0.513. The molecule has 1 amide bonds. The van der Waals surface area contributed by atoms with Crippen molar-refractivity contribution in [2.45, 2.75) is 17.7 Å². The number of amides is 1. The maximum Gasteiger partial charge on any atom is 0.240 e. The number of halogens is 1. The molecule has 0 saturated carbocycles. The standard InChI is InChI=1S/C10H14BrN3O3S/c11-8-6-7(3-4-9(8)12)18(16,17)14-5-1-2-10(13)15/h3-4,6,14H,1-2,5,12H2,(H2,13,15). The van der Waals surface area contributed by atoms with E-state index in [-0.39, 0.29) is 17.9 Å². The van der Waals surface area contributed by atoms with E-state index in [2.05, 4.69) is 20.7 Å². The Labute approximate surface area is 114 Å². The molecular weight excluding hydrogens is 322 g/mol. The molecule has 0 aliphatic heterocycles. The normalized spacial score (nSPS) is 11.4. The van der Waals surface area contributed by atoms with Gasteiger partial charge in [-0.1, -0.05) is 0 Å². The Kier molecular flexibility index (Phi) is 5.12. The third kappa shape index (κ3) is 4.28. The predicted molar refractivity (Wildman–Crippen MR) is 72.2 cm³/mol. The van der Waals surface area contributed by atoms with Gasteiger partial charge in [-0.15, -0.1) is 0 Å². The van der Waals surface area contributed by atoms with Crippen LogP contribution < -0.4 is 16.2 Å². The highest BCUT2D eigenvalue weighted by molar-refractivity contribution is 9.10. The molecule has 0 aromatic heterocycles. The highest BCUT2D eigenvalue weighted by Gasteiger charge is 2.14. The van der Waals surface area contributed by atoms with Crippen LogP contribution in [0.1, 0.15) is 12.8 Å². The van der Waals surface area contributed by atoms with Crippen molar-refractivity contribution >= 4 is 37.5 Å². The van der Waals surface area contributed by atoms with E-state index >= 15 is 0 Å². The van der Waals surface area contributed by atoms with Crippen LogP contribution >= 0.6 is 15.9 Å². The van der Waals surface area contributed by atoms with Gasteiger partial charge in [-0.25, -0.2) is 13.1 Å². The molecule has 1 aromatic rings. The number of rotatable bonds is 6. The molecule has 0 atom stereocenters. The van der Waals surface area contributed by atoms with E-state index in [0.717, 1.165) is 0 Å². The number of anilines is 1. The number of nitrogen functional groups attached to an aromatic ring is 1. The van der Waals surface area contributed by atoms with E-state index in [9.17, 15) is 13.2 Å². The first-order chi connectivity index (χ1) is 8.33. The Morgan fingerprint density at radius 1 is 1.39 bits per heavy atom. The van der Waals surface area contributed by atoms with E-state index in [1.807, 2.05) is 0 Å². The molecule has 100 valence electrons. The fourth-order valence-electron chi connectivity index (χ4n) is 1.23. The molecule has 0 heterocycles. The molecule has 0 radical (unpaired) electrons. The molecule has 0 unspecified atom stereocenters. The largest absolute Gasteiger partial charge is 0.398 e. The summed E-state index contributed by atoms with van der Waals surface area (Å²) in [6, 6.07) is 4.34. The van der Waals surface area contributed by atoms with Crippen LogP contribution in [0, 0.1) is 0 Å². The Hall–Kier alpha value is -1.12. The molecular formula is C10H14BrN3O3S. The zero-order valence-electron chi connectivity index (χ0n) is 9.52. The van der Waals surface area contributed by atoms with E-state index in [1.54, 1.807) is 0 Å². The van der Waals surface area contributed by atoms with Gasteiger partial charge in [0, 0.05) is 23.1 Å². The molecule has 1 aromatic carbocycles. The van der Waals surface area contributed by atoms with Crippen LogP contribution in [0.3, 0.4) is 0 Å². The average Bonchev–Trinajstić information content (AvgIpc) is 2.28. The van der Waals surface area contributed by atoms with Crippen molar-refractivity contribution in [3.63, 3.8) is 0 Å². The van der Waals surface area contributed by atoms with Crippen LogP contribution in [0.2, 0.25) is 0 Å². The quantitative estimate of drug-likeness (QED) is 0.520. The first-order valence-electron chi connectivity index (χ1n) is 5.16. The van der Waals surface area contributed by atoms with Crippen molar-refractivity contribution in [1.82, 2.24) is 4.72 Å². The lowest BCUT2D eigenvalue weighted by Crippen LogP contribution is -2.25. The second kappa shape index (κ2) is 6.17. The minimum Gasteiger partial charge on any atom is -0.398 e. The number of primary amides is 1. The van der Waals surface area contributed by atoms with Crippen molar-refractivity contribution in [2.24, 2.45) is 5.73 Å². The summed E-state index contributed by atoms with van der Waals surface area (Å²) >= 11 is 3.16. The molecule has 0 spiro atoms. The van der Waals surface area contributed by atoms with Crippen LogP contribution in [-0.2, 0) is 14.8 Å². The molecule has 1 rings (SSSR count). The highest BCUT2D eigenvalue weighted by Crippen LogP contribution is 2.22. The van der Waals surface area contributed by atoms with Gasteiger partial charge in [0.25, 0.3) is 0 Å². The van der Waals surface area contributed by atoms with Crippen LogP contribution in [0.15, 0.2) is 27.6 Å². The fraction of sp³-hybridized carbons (Fsp3) is 0.300. The van der Waals surface area contributed by atoms with Gasteiger partial charge in [0.05, 0.1) is 4.90 Å². The average molecular weight is 336 g/mol. The fourth-order valence-corrected chi connectivity index (χ4v) is 2.86. The van der Waals surface area contributed by atoms with Gasteiger partial charge in [-0.2, -0.15) is 0 Å². The number of nitrogens with one attached hydrogen (secondary N) is 1. The molecule has 0 aliphatic rings. The second-order valence-corrected chi connectivity index (χ2v) is 6.27. The number of carbonyl (C=O) groups excluding carboxylic acids is 1. The van der Waals surface area contributed by atoms with Gasteiger partial charge in [-0.3, -0.25) is 4.79 Å². The third-order valence-electron chi connectivity index (χ3n) is 2.17. The van der Waals surface area contributed by atoms with E-state index in [4.69, 9.17) is 11.5 Å². The Balaban J connectivity index is 2.68. The van der Waals surface area contributed by atoms with E-state index < -0.39 is 15.9 Å². The monoisotopic (exact) mass is 335 g/mol. The van der Waals surface area contributed by atoms with Gasteiger partial charge < -0.3 is 11.5 Å². The summed E-state index contributed by atoms with van der Waals surface area (Å²) in [5, 5.41) is 0. The van der Waals surface area contributed by atoms with Crippen LogP contribution in [0.5, 0.6) is 0 Å². The topological polar surface area (TPSA) is 115 Å². The molecule has 8 heteroatoms. The van der Waals surface area contributed by atoms with Gasteiger partial charge in [-0.05, 0) is 40.5 Å². The van der Waals surface area contributed by atoms with Gasteiger partial charge in [0.1, 0.15) is 0 Å². The molecule has 0 saturated heterocycles. The Morgan fingerprint density at radius 2 is 2.06 bits per heavy atom. The van der Waals surface area contributed by atoms with E-state index in [0.29, 0.717) is 16.6 Å². The Bertz CT molecular complexity index is 545. The SMILES string of the molecule is NC(=O)CCCNS(=O)(=O)c1ccc(N)c(Br)c1. The van der Waals surface area contributed by atoms with E-state index in [1.165, 1.54) is 18.2 Å². The first-order valence-corrected chi connectivity index (χ1v) is 7.43. The number of carbonyl (C=O) groups is 1. The second-order valence-electron chi connectivity index (χ2n) is 3.65. The molecule has 0 aliphatic carbocycles. The van der Waals surface area contributed by atoms with Crippen molar-refractivity contribution in [3.05, 3.63) is 22.7 Å². The van der Waals surface area contributed by atoms with Crippen molar-refractivity contribution in [3.8, 4) is 0 Å². The Morgan fingerprint density at radius 3 is 2.61 bits per heavy atom. The minimum absolute atomic E-state index is 0.114. The number of benzene rings is 1. The molecule has 18 heavy (non-hydrogen) atoms. The maximum absolute atomic E-state index is 11.9. The lowest BCUT2D eigenvalue weighted by molar-refractivity contribution is -0.118. The van der Waals surface area contributed by atoms with Crippen LogP contribution in [0.25, 0.3) is 0 Å². The highest BCUT2D eigenvalue weighted by atomic mass is 79.9. The summed E-state index contributed by atoms with van der Waals surface area (Å²) < 4.78 is 26.6. The van der Waals surface area contributed by atoms with Gasteiger partial charge in [0.15, 0.2) is 0 Å².